The number of aromatic amines is 1. The van der Waals surface area contributed by atoms with Crippen LogP contribution in [0.2, 0.25) is 0 Å². The van der Waals surface area contributed by atoms with Crippen molar-refractivity contribution in [1.82, 2.24) is 20.1 Å². The predicted octanol–water partition coefficient (Wildman–Crippen LogP) is 3.98. The maximum Gasteiger partial charge on any atom is 0.273 e. The lowest BCUT2D eigenvalue weighted by atomic mass is 10.1. The Morgan fingerprint density at radius 2 is 1.96 bits per heavy atom. The number of H-pyrrole nitrogens is 1. The summed E-state index contributed by atoms with van der Waals surface area (Å²) in [5.74, 6) is -0.0692. The second-order valence-corrected chi connectivity index (χ2v) is 7.21. The Morgan fingerprint density at radius 1 is 1.25 bits per heavy atom. The van der Waals surface area contributed by atoms with Crippen molar-refractivity contribution in [3.63, 3.8) is 0 Å². The summed E-state index contributed by atoms with van der Waals surface area (Å²) >= 11 is 1.55. The molecule has 24 heavy (non-hydrogen) atoms. The Kier molecular flexibility index (Phi) is 4.49. The van der Waals surface area contributed by atoms with Crippen LogP contribution in [-0.4, -0.2) is 33.0 Å². The minimum absolute atomic E-state index is 0.0692. The molecule has 3 aromatic rings. The van der Waals surface area contributed by atoms with E-state index in [1.807, 2.05) is 57.2 Å². The predicted molar refractivity (Wildman–Crippen MR) is 96.1 cm³/mol. The minimum Gasteiger partial charge on any atom is -0.332 e. The molecule has 1 atom stereocenters. The van der Waals surface area contributed by atoms with Crippen LogP contribution in [-0.2, 0) is 0 Å². The largest absolute Gasteiger partial charge is 0.332 e. The van der Waals surface area contributed by atoms with E-state index in [0.717, 1.165) is 26.8 Å². The lowest BCUT2D eigenvalue weighted by Crippen LogP contribution is -2.30. The molecule has 124 valence electrons. The van der Waals surface area contributed by atoms with E-state index in [9.17, 15) is 4.79 Å². The van der Waals surface area contributed by atoms with Gasteiger partial charge in [-0.3, -0.25) is 9.89 Å². The summed E-state index contributed by atoms with van der Waals surface area (Å²) < 4.78 is 0. The maximum absolute atomic E-state index is 12.7. The number of benzene rings is 1. The molecular weight excluding hydrogens is 320 g/mol. The summed E-state index contributed by atoms with van der Waals surface area (Å²) in [4.78, 5) is 19.7. The van der Waals surface area contributed by atoms with Crippen LogP contribution in [0.1, 0.15) is 39.0 Å². The van der Waals surface area contributed by atoms with Gasteiger partial charge >= 0.3 is 0 Å². The number of nitrogens with zero attached hydrogens (tertiary/aromatic N) is 3. The van der Waals surface area contributed by atoms with Crippen molar-refractivity contribution in [2.24, 2.45) is 0 Å². The van der Waals surface area contributed by atoms with Gasteiger partial charge < -0.3 is 4.90 Å². The molecule has 0 spiro atoms. The van der Waals surface area contributed by atoms with E-state index in [2.05, 4.69) is 15.2 Å². The van der Waals surface area contributed by atoms with Gasteiger partial charge in [-0.05, 0) is 26.8 Å². The number of carbonyl (C=O) groups excluding carboxylic acids is 1. The van der Waals surface area contributed by atoms with Crippen molar-refractivity contribution >= 4 is 17.2 Å². The van der Waals surface area contributed by atoms with Crippen LogP contribution < -0.4 is 0 Å². The van der Waals surface area contributed by atoms with E-state index in [-0.39, 0.29) is 11.9 Å². The van der Waals surface area contributed by atoms with E-state index in [1.165, 1.54) is 0 Å². The summed E-state index contributed by atoms with van der Waals surface area (Å²) in [5.41, 5.74) is 3.36. The molecule has 6 heteroatoms. The monoisotopic (exact) mass is 340 g/mol. The highest BCUT2D eigenvalue weighted by Gasteiger charge is 2.24. The van der Waals surface area contributed by atoms with Crippen LogP contribution in [0, 0.1) is 13.8 Å². The van der Waals surface area contributed by atoms with Gasteiger partial charge in [0.2, 0.25) is 0 Å². The molecule has 0 saturated heterocycles. The second kappa shape index (κ2) is 6.57. The molecular formula is C18H20N4OS. The van der Waals surface area contributed by atoms with Gasteiger partial charge in [-0.25, -0.2) is 4.98 Å². The van der Waals surface area contributed by atoms with Crippen molar-refractivity contribution in [3.8, 4) is 11.3 Å². The van der Waals surface area contributed by atoms with Gasteiger partial charge in [0.15, 0.2) is 0 Å². The van der Waals surface area contributed by atoms with E-state index in [0.29, 0.717) is 5.69 Å². The topological polar surface area (TPSA) is 61.9 Å². The zero-order valence-electron chi connectivity index (χ0n) is 14.2. The fourth-order valence-electron chi connectivity index (χ4n) is 2.59. The normalized spacial score (nSPS) is 12.2. The Morgan fingerprint density at radius 3 is 2.58 bits per heavy atom. The first-order valence-corrected chi connectivity index (χ1v) is 8.61. The van der Waals surface area contributed by atoms with Gasteiger partial charge in [0.25, 0.3) is 5.91 Å². The first-order chi connectivity index (χ1) is 11.5. The Hall–Kier alpha value is -2.47. The highest BCUT2D eigenvalue weighted by molar-refractivity contribution is 7.11. The molecule has 1 N–H and O–H groups in total. The number of hydrogen-bond donors (Lipinski definition) is 1. The van der Waals surface area contributed by atoms with Crippen LogP contribution >= 0.6 is 11.3 Å². The SMILES string of the molecule is Cc1nc(C(=O)N(C)C(C)c2cc(-c3ccccc3)n[nH]2)c(C)s1. The van der Waals surface area contributed by atoms with Crippen molar-refractivity contribution in [2.45, 2.75) is 26.8 Å². The fraction of sp³-hybridized carbons (Fsp3) is 0.278. The van der Waals surface area contributed by atoms with Gasteiger partial charge in [0.1, 0.15) is 5.69 Å². The molecule has 2 aromatic heterocycles. The van der Waals surface area contributed by atoms with Gasteiger partial charge in [0, 0.05) is 17.5 Å². The Balaban J connectivity index is 1.81. The number of aryl methyl sites for hydroxylation is 2. The van der Waals surface area contributed by atoms with Crippen molar-refractivity contribution in [1.29, 1.82) is 0 Å². The smallest absolute Gasteiger partial charge is 0.273 e. The maximum atomic E-state index is 12.7. The number of amides is 1. The summed E-state index contributed by atoms with van der Waals surface area (Å²) in [5, 5.41) is 8.32. The number of aromatic nitrogens is 3. The van der Waals surface area contributed by atoms with Gasteiger partial charge in [-0.2, -0.15) is 5.10 Å². The lowest BCUT2D eigenvalue weighted by Gasteiger charge is -2.23. The molecule has 5 nitrogen and oxygen atoms in total. The van der Waals surface area contributed by atoms with Crippen molar-refractivity contribution in [2.75, 3.05) is 7.05 Å². The van der Waals surface area contributed by atoms with Gasteiger partial charge in [-0.15, -0.1) is 11.3 Å². The summed E-state index contributed by atoms with van der Waals surface area (Å²) in [7, 11) is 1.80. The molecule has 0 bridgehead atoms. The highest BCUT2D eigenvalue weighted by atomic mass is 32.1. The zero-order chi connectivity index (χ0) is 17.3. The molecule has 1 unspecified atom stereocenters. The number of rotatable bonds is 4. The van der Waals surface area contributed by atoms with Crippen molar-refractivity contribution in [3.05, 3.63) is 57.7 Å². The highest BCUT2D eigenvalue weighted by Crippen LogP contribution is 2.25. The van der Waals surface area contributed by atoms with Crippen LogP contribution in [0.5, 0.6) is 0 Å². The van der Waals surface area contributed by atoms with E-state index in [4.69, 9.17) is 0 Å². The molecule has 0 saturated carbocycles. The zero-order valence-corrected chi connectivity index (χ0v) is 15.0. The second-order valence-electron chi connectivity index (χ2n) is 5.80. The van der Waals surface area contributed by atoms with E-state index >= 15 is 0 Å². The van der Waals surface area contributed by atoms with Crippen LogP contribution in [0.4, 0.5) is 0 Å². The molecule has 3 rings (SSSR count). The number of nitrogens with one attached hydrogen (secondary N) is 1. The molecule has 1 aromatic carbocycles. The van der Waals surface area contributed by atoms with E-state index < -0.39 is 0 Å². The number of hydrogen-bond acceptors (Lipinski definition) is 4. The van der Waals surface area contributed by atoms with Crippen molar-refractivity contribution < 1.29 is 4.79 Å². The molecule has 0 fully saturated rings. The Bertz CT molecular complexity index is 853. The molecule has 0 radical (unpaired) electrons. The third-order valence-electron chi connectivity index (χ3n) is 4.12. The Labute approximate surface area is 145 Å². The minimum atomic E-state index is -0.121. The molecule has 0 aliphatic carbocycles. The fourth-order valence-corrected chi connectivity index (χ4v) is 3.40. The van der Waals surface area contributed by atoms with Gasteiger partial charge in [0.05, 0.1) is 22.4 Å². The first kappa shape index (κ1) is 16.4. The average Bonchev–Trinajstić information content (AvgIpc) is 3.20. The summed E-state index contributed by atoms with van der Waals surface area (Å²) in [6, 6.07) is 11.8. The lowest BCUT2D eigenvalue weighted by molar-refractivity contribution is 0.0734. The number of carbonyl (C=O) groups is 1. The van der Waals surface area contributed by atoms with E-state index in [1.54, 1.807) is 23.3 Å². The quantitative estimate of drug-likeness (QED) is 0.781. The number of thiazole rings is 1. The van der Waals surface area contributed by atoms with Crippen LogP contribution in [0.25, 0.3) is 11.3 Å². The average molecular weight is 340 g/mol. The van der Waals surface area contributed by atoms with Crippen LogP contribution in [0.15, 0.2) is 36.4 Å². The standard InChI is InChI=1S/C18H20N4OS/c1-11(22(4)18(23)17-12(2)24-13(3)19-17)15-10-16(21-20-15)14-8-6-5-7-9-14/h5-11H,1-4H3,(H,20,21). The first-order valence-electron chi connectivity index (χ1n) is 7.79. The molecule has 0 aliphatic rings. The molecule has 1 amide bonds. The summed E-state index contributed by atoms with van der Waals surface area (Å²) in [6.45, 7) is 5.83. The third kappa shape index (κ3) is 3.10. The summed E-state index contributed by atoms with van der Waals surface area (Å²) in [6.07, 6.45) is 0. The molecule has 2 heterocycles. The molecule has 0 aliphatic heterocycles. The van der Waals surface area contributed by atoms with Gasteiger partial charge in [-0.1, -0.05) is 30.3 Å². The van der Waals surface area contributed by atoms with Crippen LogP contribution in [0.3, 0.4) is 0 Å². The third-order valence-corrected chi connectivity index (χ3v) is 5.01.